The summed E-state index contributed by atoms with van der Waals surface area (Å²) in [6.07, 6.45) is 0.257. The predicted molar refractivity (Wildman–Crippen MR) is 99.0 cm³/mol. The largest absolute Gasteiger partial charge is 0.481 e. The zero-order chi connectivity index (χ0) is 18.2. The van der Waals surface area contributed by atoms with Gasteiger partial charge in [-0.2, -0.15) is 0 Å². The summed E-state index contributed by atoms with van der Waals surface area (Å²) in [5, 5.41) is 5.60. The second kappa shape index (κ2) is 8.87. The zero-order valence-corrected chi connectivity index (χ0v) is 14.8. The predicted octanol–water partition coefficient (Wildman–Crippen LogP) is 3.54. The Kier molecular flexibility index (Phi) is 6.57. The van der Waals surface area contributed by atoms with E-state index in [1.54, 1.807) is 31.2 Å². The summed E-state index contributed by atoms with van der Waals surface area (Å²) < 4.78 is 5.66. The van der Waals surface area contributed by atoms with Crippen molar-refractivity contribution in [2.45, 2.75) is 33.3 Å². The molecule has 5 heteroatoms. The Morgan fingerprint density at radius 2 is 1.84 bits per heavy atom. The SMILES string of the molecule is CCCNC(=O)c1ccc(NC(=O)C(C)Oc2cccc(C)c2)cc1. The van der Waals surface area contributed by atoms with Crippen molar-refractivity contribution in [1.29, 1.82) is 0 Å². The average Bonchev–Trinajstić information content (AvgIpc) is 2.60. The molecular weight excluding hydrogens is 316 g/mol. The van der Waals surface area contributed by atoms with Gasteiger partial charge in [0.2, 0.25) is 0 Å². The van der Waals surface area contributed by atoms with E-state index in [-0.39, 0.29) is 11.8 Å². The molecule has 0 radical (unpaired) electrons. The normalized spacial score (nSPS) is 11.5. The van der Waals surface area contributed by atoms with Gasteiger partial charge in [-0.05, 0) is 62.2 Å². The first-order chi connectivity index (χ1) is 12.0. The molecule has 2 aromatic rings. The maximum absolute atomic E-state index is 12.2. The lowest BCUT2D eigenvalue weighted by molar-refractivity contribution is -0.122. The standard InChI is InChI=1S/C20H24N2O3/c1-4-12-21-20(24)16-8-10-17(11-9-16)22-19(23)15(3)25-18-7-5-6-14(2)13-18/h5-11,13,15H,4,12H2,1-3H3,(H,21,24)(H,22,23). The number of nitrogens with one attached hydrogen (secondary N) is 2. The van der Waals surface area contributed by atoms with Crippen molar-refractivity contribution in [3.05, 3.63) is 59.7 Å². The van der Waals surface area contributed by atoms with Gasteiger partial charge >= 0.3 is 0 Å². The fourth-order valence-electron chi connectivity index (χ4n) is 2.24. The van der Waals surface area contributed by atoms with Crippen molar-refractivity contribution in [1.82, 2.24) is 5.32 Å². The van der Waals surface area contributed by atoms with E-state index in [0.717, 1.165) is 12.0 Å². The van der Waals surface area contributed by atoms with Crippen molar-refractivity contribution >= 4 is 17.5 Å². The van der Waals surface area contributed by atoms with Gasteiger partial charge in [0.25, 0.3) is 11.8 Å². The molecule has 0 spiro atoms. The molecule has 0 aliphatic heterocycles. The lowest BCUT2D eigenvalue weighted by atomic mass is 10.2. The van der Waals surface area contributed by atoms with Crippen molar-refractivity contribution in [3.63, 3.8) is 0 Å². The summed E-state index contributed by atoms with van der Waals surface area (Å²) >= 11 is 0. The molecule has 2 rings (SSSR count). The van der Waals surface area contributed by atoms with Crippen LogP contribution in [0.5, 0.6) is 5.75 Å². The molecule has 2 aromatic carbocycles. The Bertz CT molecular complexity index is 726. The van der Waals surface area contributed by atoms with E-state index in [0.29, 0.717) is 23.5 Å². The van der Waals surface area contributed by atoms with Crippen LogP contribution in [0.25, 0.3) is 0 Å². The van der Waals surface area contributed by atoms with Crippen LogP contribution in [0.3, 0.4) is 0 Å². The maximum atomic E-state index is 12.2. The van der Waals surface area contributed by atoms with E-state index in [2.05, 4.69) is 10.6 Å². The van der Waals surface area contributed by atoms with Crippen LogP contribution in [-0.4, -0.2) is 24.5 Å². The van der Waals surface area contributed by atoms with Crippen LogP contribution in [-0.2, 0) is 4.79 Å². The third-order valence-electron chi connectivity index (χ3n) is 3.62. The number of carbonyl (C=O) groups excluding carboxylic acids is 2. The van der Waals surface area contributed by atoms with Gasteiger partial charge in [-0.3, -0.25) is 9.59 Å². The molecule has 2 N–H and O–H groups in total. The number of hydrogen-bond acceptors (Lipinski definition) is 3. The number of aryl methyl sites for hydroxylation is 1. The van der Waals surface area contributed by atoms with Crippen molar-refractivity contribution in [2.24, 2.45) is 0 Å². The Hall–Kier alpha value is -2.82. The van der Waals surface area contributed by atoms with E-state index in [9.17, 15) is 9.59 Å². The van der Waals surface area contributed by atoms with Crippen LogP contribution in [0, 0.1) is 6.92 Å². The van der Waals surface area contributed by atoms with Crippen molar-refractivity contribution in [2.75, 3.05) is 11.9 Å². The van der Waals surface area contributed by atoms with Gasteiger partial charge in [0.15, 0.2) is 6.10 Å². The third-order valence-corrected chi connectivity index (χ3v) is 3.62. The Morgan fingerprint density at radius 1 is 1.12 bits per heavy atom. The molecule has 0 fully saturated rings. The van der Waals surface area contributed by atoms with Crippen molar-refractivity contribution < 1.29 is 14.3 Å². The van der Waals surface area contributed by atoms with E-state index in [4.69, 9.17) is 4.74 Å². The fourth-order valence-corrected chi connectivity index (χ4v) is 2.24. The first-order valence-electron chi connectivity index (χ1n) is 8.42. The van der Waals surface area contributed by atoms with Crippen LogP contribution < -0.4 is 15.4 Å². The molecule has 5 nitrogen and oxygen atoms in total. The monoisotopic (exact) mass is 340 g/mol. The second-order valence-electron chi connectivity index (χ2n) is 5.90. The minimum absolute atomic E-state index is 0.115. The lowest BCUT2D eigenvalue weighted by Crippen LogP contribution is -2.30. The molecular formula is C20H24N2O3. The van der Waals surface area contributed by atoms with E-state index >= 15 is 0 Å². The van der Waals surface area contributed by atoms with Gasteiger partial charge in [0.05, 0.1) is 0 Å². The maximum Gasteiger partial charge on any atom is 0.265 e. The highest BCUT2D eigenvalue weighted by Gasteiger charge is 2.15. The number of benzene rings is 2. The second-order valence-corrected chi connectivity index (χ2v) is 5.90. The summed E-state index contributed by atoms with van der Waals surface area (Å²) in [5.74, 6) is 0.297. The van der Waals surface area contributed by atoms with Crippen LogP contribution in [0.15, 0.2) is 48.5 Å². The molecule has 25 heavy (non-hydrogen) atoms. The van der Waals surface area contributed by atoms with Gasteiger partial charge in [0, 0.05) is 17.8 Å². The molecule has 132 valence electrons. The molecule has 0 saturated carbocycles. The Balaban J connectivity index is 1.92. The van der Waals surface area contributed by atoms with Crippen LogP contribution in [0.1, 0.15) is 36.2 Å². The van der Waals surface area contributed by atoms with E-state index < -0.39 is 6.10 Å². The zero-order valence-electron chi connectivity index (χ0n) is 14.8. The molecule has 0 bridgehead atoms. The smallest absolute Gasteiger partial charge is 0.265 e. The average molecular weight is 340 g/mol. The number of anilines is 1. The fraction of sp³-hybridized carbons (Fsp3) is 0.300. The molecule has 0 heterocycles. The van der Waals surface area contributed by atoms with Gasteiger partial charge in [-0.25, -0.2) is 0 Å². The third kappa shape index (κ3) is 5.64. The summed E-state index contributed by atoms with van der Waals surface area (Å²) in [6.45, 7) is 6.31. The molecule has 0 aliphatic carbocycles. The number of amides is 2. The van der Waals surface area contributed by atoms with Crippen LogP contribution in [0.2, 0.25) is 0 Å². The van der Waals surface area contributed by atoms with Gasteiger partial charge in [-0.15, -0.1) is 0 Å². The molecule has 0 aliphatic rings. The first-order valence-corrected chi connectivity index (χ1v) is 8.42. The van der Waals surface area contributed by atoms with E-state index in [1.807, 2.05) is 38.1 Å². The highest BCUT2D eigenvalue weighted by Crippen LogP contribution is 2.15. The van der Waals surface area contributed by atoms with Crippen molar-refractivity contribution in [3.8, 4) is 5.75 Å². The summed E-state index contributed by atoms with van der Waals surface area (Å²) in [6, 6.07) is 14.3. The topological polar surface area (TPSA) is 67.4 Å². The summed E-state index contributed by atoms with van der Waals surface area (Å²) in [5.41, 5.74) is 2.26. The van der Waals surface area contributed by atoms with E-state index in [1.165, 1.54) is 0 Å². The molecule has 0 aromatic heterocycles. The van der Waals surface area contributed by atoms with Crippen LogP contribution >= 0.6 is 0 Å². The minimum Gasteiger partial charge on any atom is -0.481 e. The lowest BCUT2D eigenvalue weighted by Gasteiger charge is -2.15. The highest BCUT2D eigenvalue weighted by atomic mass is 16.5. The van der Waals surface area contributed by atoms with Gasteiger partial charge < -0.3 is 15.4 Å². The first kappa shape index (κ1) is 18.5. The molecule has 2 amide bonds. The number of carbonyl (C=O) groups is 2. The molecule has 0 saturated heterocycles. The van der Waals surface area contributed by atoms with Crippen LogP contribution in [0.4, 0.5) is 5.69 Å². The number of ether oxygens (including phenoxy) is 1. The molecule has 1 atom stereocenters. The number of hydrogen-bond donors (Lipinski definition) is 2. The summed E-state index contributed by atoms with van der Waals surface area (Å²) in [4.78, 5) is 24.1. The quantitative estimate of drug-likeness (QED) is 0.810. The Morgan fingerprint density at radius 3 is 2.48 bits per heavy atom. The highest BCUT2D eigenvalue weighted by molar-refractivity contribution is 5.96. The minimum atomic E-state index is -0.630. The Labute approximate surface area is 148 Å². The summed E-state index contributed by atoms with van der Waals surface area (Å²) in [7, 11) is 0. The number of rotatable bonds is 7. The van der Waals surface area contributed by atoms with Gasteiger partial charge in [0.1, 0.15) is 5.75 Å². The van der Waals surface area contributed by atoms with Gasteiger partial charge in [-0.1, -0.05) is 19.1 Å². The molecule has 1 unspecified atom stereocenters.